The number of nitrogens with one attached hydrogen (secondary N) is 1. The molecule has 13 heavy (non-hydrogen) atoms. The molecule has 2 N–H and O–H groups in total. The van der Waals surface area contributed by atoms with Gasteiger partial charge in [0.1, 0.15) is 5.70 Å². The van der Waals surface area contributed by atoms with E-state index in [2.05, 4.69) is 21.2 Å². The highest BCUT2D eigenvalue weighted by Gasteiger charge is 2.28. The fraction of sp³-hybridized carbons (Fsp3) is 0.222. The van der Waals surface area contributed by atoms with Gasteiger partial charge in [-0.1, -0.05) is 34.2 Å². The van der Waals surface area contributed by atoms with E-state index in [-0.39, 0.29) is 17.7 Å². The second kappa shape index (κ2) is 3.03. The molecular weight excluding hydrogens is 234 g/mol. The van der Waals surface area contributed by atoms with Crippen LogP contribution < -0.4 is 5.32 Å². The lowest BCUT2D eigenvalue weighted by Gasteiger charge is -2.16. The Morgan fingerprint density at radius 2 is 2.31 bits per heavy atom. The highest BCUT2D eigenvalue weighted by Crippen LogP contribution is 2.27. The summed E-state index contributed by atoms with van der Waals surface area (Å²) in [6.45, 7) is 0. The molecule has 0 aromatic heterocycles. The molecule has 2 aliphatic rings. The minimum Gasteiger partial charge on any atom is -0.477 e. The molecule has 0 aromatic rings. The Labute approximate surface area is 84.0 Å². The van der Waals surface area contributed by atoms with Crippen LogP contribution in [0.5, 0.6) is 0 Å². The molecule has 0 saturated carbocycles. The van der Waals surface area contributed by atoms with E-state index in [4.69, 9.17) is 5.11 Å². The normalized spacial score (nSPS) is 30.2. The maximum atomic E-state index is 10.6. The zero-order valence-electron chi connectivity index (χ0n) is 6.70. The summed E-state index contributed by atoms with van der Waals surface area (Å²) in [4.78, 5) is 10.6. The van der Waals surface area contributed by atoms with Gasteiger partial charge in [0.15, 0.2) is 0 Å². The van der Waals surface area contributed by atoms with E-state index in [0.29, 0.717) is 0 Å². The number of allylic oxidation sites excluding steroid dienone is 2. The lowest BCUT2D eigenvalue weighted by molar-refractivity contribution is -0.133. The van der Waals surface area contributed by atoms with Gasteiger partial charge in [0.2, 0.25) is 0 Å². The number of fused-ring (bicyclic) bond motifs is 1. The van der Waals surface area contributed by atoms with Gasteiger partial charge in [-0.25, -0.2) is 4.79 Å². The van der Waals surface area contributed by atoms with Crippen LogP contribution in [0.1, 0.15) is 0 Å². The highest BCUT2D eigenvalue weighted by atomic mass is 79.9. The minimum atomic E-state index is -0.896. The summed E-state index contributed by atoms with van der Waals surface area (Å²) in [6, 6.07) is 0.104. The van der Waals surface area contributed by atoms with Crippen molar-refractivity contribution in [1.82, 2.24) is 5.32 Å². The summed E-state index contributed by atoms with van der Waals surface area (Å²) < 4.78 is 0.999. The molecule has 1 aliphatic carbocycles. The largest absolute Gasteiger partial charge is 0.477 e. The molecule has 1 heterocycles. The smallest absolute Gasteiger partial charge is 0.351 e. The first-order valence-corrected chi connectivity index (χ1v) is 4.73. The third-order valence-electron chi connectivity index (χ3n) is 2.14. The number of hydrogen-bond acceptors (Lipinski definition) is 2. The van der Waals surface area contributed by atoms with E-state index in [1.165, 1.54) is 0 Å². The van der Waals surface area contributed by atoms with Gasteiger partial charge in [0.05, 0.1) is 6.04 Å². The summed E-state index contributed by atoms with van der Waals surface area (Å²) in [5, 5.41) is 11.7. The zero-order chi connectivity index (χ0) is 9.42. The number of aliphatic carboxylic acids is 1. The number of carboxylic acid groups (broad SMARTS) is 1. The van der Waals surface area contributed by atoms with Gasteiger partial charge in [0.25, 0.3) is 0 Å². The van der Waals surface area contributed by atoms with Crippen molar-refractivity contribution in [2.24, 2.45) is 5.92 Å². The van der Waals surface area contributed by atoms with Crippen molar-refractivity contribution in [3.8, 4) is 0 Å². The highest BCUT2D eigenvalue weighted by molar-refractivity contribution is 9.11. The van der Waals surface area contributed by atoms with Crippen molar-refractivity contribution in [3.05, 3.63) is 34.5 Å². The standard InChI is InChI=1S/C9H8BrNO2/c10-6-1-2-7-5(3-6)4-8(11-7)9(12)13/h1-5,7,11H,(H,12,13). The minimum absolute atomic E-state index is 0.104. The monoisotopic (exact) mass is 241 g/mol. The molecule has 4 heteroatoms. The summed E-state index contributed by atoms with van der Waals surface area (Å²) in [5.41, 5.74) is 0.290. The first-order chi connectivity index (χ1) is 6.16. The van der Waals surface area contributed by atoms with Crippen molar-refractivity contribution >= 4 is 21.9 Å². The molecule has 2 unspecified atom stereocenters. The Hall–Kier alpha value is -1.03. The third kappa shape index (κ3) is 1.54. The van der Waals surface area contributed by atoms with Crippen LogP contribution in [0.25, 0.3) is 0 Å². The molecule has 68 valence electrons. The van der Waals surface area contributed by atoms with Crippen molar-refractivity contribution in [2.75, 3.05) is 0 Å². The molecule has 0 bridgehead atoms. The zero-order valence-corrected chi connectivity index (χ0v) is 8.28. The molecule has 0 aromatic carbocycles. The summed E-state index contributed by atoms with van der Waals surface area (Å²) in [7, 11) is 0. The van der Waals surface area contributed by atoms with E-state index < -0.39 is 5.97 Å². The van der Waals surface area contributed by atoms with Crippen LogP contribution in [0.2, 0.25) is 0 Å². The summed E-state index contributed by atoms with van der Waals surface area (Å²) in [6.07, 6.45) is 7.61. The SMILES string of the molecule is O=C(O)C1=CC2C=C(Br)C=CC2N1. The molecule has 0 amide bonds. The van der Waals surface area contributed by atoms with Crippen molar-refractivity contribution < 1.29 is 9.90 Å². The summed E-state index contributed by atoms with van der Waals surface area (Å²) >= 11 is 3.35. The molecule has 1 aliphatic heterocycles. The first-order valence-electron chi connectivity index (χ1n) is 3.94. The first kappa shape index (κ1) is 8.56. The maximum Gasteiger partial charge on any atom is 0.351 e. The van der Waals surface area contributed by atoms with Gasteiger partial charge in [-0.05, 0) is 6.08 Å². The molecule has 3 nitrogen and oxygen atoms in total. The Morgan fingerprint density at radius 3 is 3.00 bits per heavy atom. The van der Waals surface area contributed by atoms with E-state index >= 15 is 0 Å². The lowest BCUT2D eigenvalue weighted by atomic mass is 9.98. The van der Waals surface area contributed by atoms with Crippen LogP contribution in [0.3, 0.4) is 0 Å². The van der Waals surface area contributed by atoms with Crippen molar-refractivity contribution in [1.29, 1.82) is 0 Å². The average Bonchev–Trinajstić information content (AvgIpc) is 2.46. The van der Waals surface area contributed by atoms with Gasteiger partial charge in [-0.3, -0.25) is 0 Å². The van der Waals surface area contributed by atoms with Crippen LogP contribution in [-0.4, -0.2) is 17.1 Å². The molecule has 2 atom stereocenters. The maximum absolute atomic E-state index is 10.6. The Kier molecular flexibility index (Phi) is 2.00. The fourth-order valence-corrected chi connectivity index (χ4v) is 1.97. The predicted molar refractivity (Wildman–Crippen MR) is 52.3 cm³/mol. The van der Waals surface area contributed by atoms with Gasteiger partial charge < -0.3 is 10.4 Å². The number of carbonyl (C=O) groups is 1. The molecule has 0 spiro atoms. The average molecular weight is 242 g/mol. The lowest BCUT2D eigenvalue weighted by Crippen LogP contribution is -2.28. The van der Waals surface area contributed by atoms with Gasteiger partial charge in [0, 0.05) is 10.4 Å². The molecular formula is C9H8BrNO2. The van der Waals surface area contributed by atoms with Gasteiger partial charge >= 0.3 is 5.97 Å². The number of hydrogen-bond donors (Lipinski definition) is 2. The van der Waals surface area contributed by atoms with Crippen molar-refractivity contribution in [3.63, 3.8) is 0 Å². The molecule has 0 saturated heterocycles. The van der Waals surface area contributed by atoms with Crippen molar-refractivity contribution in [2.45, 2.75) is 6.04 Å². The predicted octanol–water partition coefficient (Wildman–Crippen LogP) is 1.39. The van der Waals surface area contributed by atoms with Crippen LogP contribution >= 0.6 is 15.9 Å². The van der Waals surface area contributed by atoms with Crippen LogP contribution in [-0.2, 0) is 4.79 Å². The topological polar surface area (TPSA) is 49.3 Å². The Balaban J connectivity index is 2.24. The van der Waals surface area contributed by atoms with Gasteiger partial charge in [-0.15, -0.1) is 0 Å². The van der Waals surface area contributed by atoms with E-state index in [1.54, 1.807) is 6.08 Å². The van der Waals surface area contributed by atoms with Crippen LogP contribution in [0.4, 0.5) is 0 Å². The second-order valence-corrected chi connectivity index (χ2v) is 3.96. The van der Waals surface area contributed by atoms with Crippen LogP contribution in [0.15, 0.2) is 34.5 Å². The molecule has 2 rings (SSSR count). The third-order valence-corrected chi connectivity index (χ3v) is 2.67. The number of carboxylic acids is 1. The quantitative estimate of drug-likeness (QED) is 0.730. The number of halogens is 1. The van der Waals surface area contributed by atoms with E-state index in [0.717, 1.165) is 4.48 Å². The Bertz CT molecular complexity index is 344. The van der Waals surface area contributed by atoms with E-state index in [9.17, 15) is 4.79 Å². The number of rotatable bonds is 1. The molecule has 0 radical (unpaired) electrons. The second-order valence-electron chi connectivity index (χ2n) is 3.04. The van der Waals surface area contributed by atoms with E-state index in [1.807, 2.05) is 18.2 Å². The Morgan fingerprint density at radius 1 is 1.54 bits per heavy atom. The van der Waals surface area contributed by atoms with Gasteiger partial charge in [-0.2, -0.15) is 0 Å². The summed E-state index contributed by atoms with van der Waals surface area (Å²) in [5.74, 6) is -0.738. The fourth-order valence-electron chi connectivity index (χ4n) is 1.52. The molecule has 0 fully saturated rings. The van der Waals surface area contributed by atoms with Crippen LogP contribution in [0, 0.1) is 5.92 Å².